The maximum Gasteiger partial charge on any atom is 0.326 e. The van der Waals surface area contributed by atoms with Gasteiger partial charge < -0.3 is 15.5 Å². The number of carbonyl (C=O) groups excluding carboxylic acids is 2. The first kappa shape index (κ1) is 22.7. The zero-order chi connectivity index (χ0) is 24.3. The van der Waals surface area contributed by atoms with Crippen molar-refractivity contribution in [1.29, 1.82) is 0 Å². The van der Waals surface area contributed by atoms with Crippen molar-refractivity contribution >= 4 is 58.1 Å². The molecule has 0 aromatic heterocycles. The maximum absolute atomic E-state index is 13.7. The molecule has 9 heteroatoms. The molecule has 3 amide bonds. The maximum atomic E-state index is 13.7. The highest BCUT2D eigenvalue weighted by Crippen LogP contribution is 2.45. The standard InChI is InChI=1S/C26H21Cl3N4O2/c27-20-5-2-1-4-17(20)18-8-14(25(34)32-13-15-10-16(32)11-30-15)9-23-19(18)12-31-26(35)33(23)24-21(28)6-3-7-22(24)29/h1-9,15-16,30H,10-13H2,(H,31,35). The summed E-state index contributed by atoms with van der Waals surface area (Å²) in [6.45, 7) is 1.74. The van der Waals surface area contributed by atoms with E-state index in [1.54, 1.807) is 24.3 Å². The quantitative estimate of drug-likeness (QED) is 0.448. The van der Waals surface area contributed by atoms with Crippen molar-refractivity contribution in [2.24, 2.45) is 0 Å². The summed E-state index contributed by atoms with van der Waals surface area (Å²) in [6, 6.07) is 16.4. The molecule has 35 heavy (non-hydrogen) atoms. The smallest absolute Gasteiger partial charge is 0.326 e. The fraction of sp³-hybridized carbons (Fsp3) is 0.231. The van der Waals surface area contributed by atoms with Crippen LogP contribution in [0.5, 0.6) is 0 Å². The van der Waals surface area contributed by atoms with E-state index in [0.717, 1.165) is 29.7 Å². The van der Waals surface area contributed by atoms with Crippen LogP contribution in [0.3, 0.4) is 0 Å². The van der Waals surface area contributed by atoms with Gasteiger partial charge in [0.15, 0.2) is 0 Å². The lowest BCUT2D eigenvalue weighted by atomic mass is 9.93. The number of nitrogens with one attached hydrogen (secondary N) is 2. The van der Waals surface area contributed by atoms with E-state index in [9.17, 15) is 9.59 Å². The second kappa shape index (κ2) is 8.71. The minimum absolute atomic E-state index is 0.0636. The van der Waals surface area contributed by atoms with Gasteiger partial charge in [-0.05, 0) is 42.3 Å². The lowest BCUT2D eigenvalue weighted by Gasteiger charge is -2.34. The number of anilines is 2. The Morgan fingerprint density at radius 2 is 1.69 bits per heavy atom. The first-order valence-electron chi connectivity index (χ1n) is 11.4. The van der Waals surface area contributed by atoms with Gasteiger partial charge in [0.25, 0.3) is 5.91 Å². The number of benzene rings is 3. The minimum Gasteiger partial charge on any atom is -0.333 e. The van der Waals surface area contributed by atoms with Gasteiger partial charge in [-0.3, -0.25) is 9.69 Å². The molecule has 2 unspecified atom stereocenters. The minimum atomic E-state index is -0.369. The van der Waals surface area contributed by atoms with Crippen molar-refractivity contribution in [3.8, 4) is 11.1 Å². The third-order valence-corrected chi connectivity index (χ3v) is 7.92. The number of fused-ring (bicyclic) bond motifs is 3. The van der Waals surface area contributed by atoms with Gasteiger partial charge in [-0.2, -0.15) is 0 Å². The van der Waals surface area contributed by atoms with Crippen LogP contribution in [0.15, 0.2) is 54.6 Å². The van der Waals surface area contributed by atoms with Crippen molar-refractivity contribution in [3.63, 3.8) is 0 Å². The fourth-order valence-corrected chi connectivity index (χ4v) is 6.14. The summed E-state index contributed by atoms with van der Waals surface area (Å²) in [5.41, 5.74) is 3.82. The zero-order valence-electron chi connectivity index (χ0n) is 18.5. The van der Waals surface area contributed by atoms with E-state index in [4.69, 9.17) is 34.8 Å². The number of nitrogens with zero attached hydrogens (tertiary/aromatic N) is 2. The summed E-state index contributed by atoms with van der Waals surface area (Å²) in [6.07, 6.45) is 0.956. The summed E-state index contributed by atoms with van der Waals surface area (Å²) < 4.78 is 0. The van der Waals surface area contributed by atoms with Crippen LogP contribution in [0.25, 0.3) is 11.1 Å². The molecule has 6 nitrogen and oxygen atoms in total. The predicted octanol–water partition coefficient (Wildman–Crippen LogP) is 5.86. The second-order valence-electron chi connectivity index (χ2n) is 9.02. The second-order valence-corrected chi connectivity index (χ2v) is 10.2. The van der Waals surface area contributed by atoms with Gasteiger partial charge in [0, 0.05) is 53.4 Å². The van der Waals surface area contributed by atoms with E-state index in [2.05, 4.69) is 10.6 Å². The number of halogens is 3. The third-order valence-electron chi connectivity index (χ3n) is 6.98. The summed E-state index contributed by atoms with van der Waals surface area (Å²) in [7, 11) is 0. The Morgan fingerprint density at radius 1 is 0.943 bits per heavy atom. The number of carbonyl (C=O) groups is 2. The largest absolute Gasteiger partial charge is 0.333 e. The Balaban J connectivity index is 1.57. The first-order chi connectivity index (χ1) is 16.9. The molecule has 3 heterocycles. The van der Waals surface area contributed by atoms with Crippen LogP contribution in [0.4, 0.5) is 16.2 Å². The Bertz CT molecular complexity index is 1360. The van der Waals surface area contributed by atoms with Gasteiger partial charge in [-0.1, -0.05) is 59.1 Å². The number of para-hydroxylation sites is 1. The van der Waals surface area contributed by atoms with E-state index in [0.29, 0.717) is 44.6 Å². The topological polar surface area (TPSA) is 64.7 Å². The lowest BCUT2D eigenvalue weighted by Crippen LogP contribution is -2.46. The van der Waals surface area contributed by atoms with Gasteiger partial charge in [0.2, 0.25) is 0 Å². The van der Waals surface area contributed by atoms with Gasteiger partial charge in [0.1, 0.15) is 0 Å². The van der Waals surface area contributed by atoms with Gasteiger partial charge in [-0.25, -0.2) is 4.79 Å². The van der Waals surface area contributed by atoms with Crippen LogP contribution in [0.2, 0.25) is 15.1 Å². The highest BCUT2D eigenvalue weighted by atomic mass is 35.5. The van der Waals surface area contributed by atoms with Gasteiger partial charge in [0.05, 0.1) is 21.4 Å². The number of hydrogen-bond donors (Lipinski definition) is 2. The Kier molecular flexibility index (Phi) is 5.65. The average molecular weight is 528 g/mol. The van der Waals surface area contributed by atoms with Crippen LogP contribution < -0.4 is 15.5 Å². The first-order valence-corrected chi connectivity index (χ1v) is 12.5. The van der Waals surface area contributed by atoms with Gasteiger partial charge in [-0.15, -0.1) is 0 Å². The molecule has 0 saturated carbocycles. The molecular formula is C26H21Cl3N4O2. The molecule has 6 rings (SSSR count). The third kappa shape index (κ3) is 3.76. The molecule has 0 radical (unpaired) electrons. The highest BCUT2D eigenvalue weighted by molar-refractivity contribution is 6.40. The normalized spacial score (nSPS) is 20.7. The molecule has 2 saturated heterocycles. The molecule has 3 aliphatic heterocycles. The molecule has 3 aromatic rings. The Hall–Kier alpha value is -2.77. The SMILES string of the molecule is O=C1NCc2c(-c3ccccc3Cl)cc(C(=O)N3CC4CC3CN4)cc2N1c1c(Cl)cccc1Cl. The van der Waals surface area contributed by atoms with Crippen molar-refractivity contribution in [1.82, 2.24) is 15.5 Å². The Labute approximate surface area is 217 Å². The summed E-state index contributed by atoms with van der Waals surface area (Å²) in [4.78, 5) is 30.3. The lowest BCUT2D eigenvalue weighted by molar-refractivity contribution is 0.0716. The van der Waals surface area contributed by atoms with Crippen molar-refractivity contribution in [2.45, 2.75) is 25.0 Å². The number of likely N-dealkylation sites (tertiary alicyclic amines) is 1. The zero-order valence-corrected chi connectivity index (χ0v) is 20.8. The van der Waals surface area contributed by atoms with E-state index in [1.807, 2.05) is 35.2 Å². The number of piperazine rings is 1. The average Bonchev–Trinajstić information content (AvgIpc) is 3.48. The van der Waals surface area contributed by atoms with Crippen molar-refractivity contribution < 1.29 is 9.59 Å². The van der Waals surface area contributed by atoms with Gasteiger partial charge >= 0.3 is 6.03 Å². The molecule has 3 aromatic carbocycles. The molecule has 2 bridgehead atoms. The van der Waals surface area contributed by atoms with E-state index < -0.39 is 0 Å². The molecule has 0 aliphatic carbocycles. The molecular weight excluding hydrogens is 507 g/mol. The molecule has 2 fully saturated rings. The number of urea groups is 1. The predicted molar refractivity (Wildman–Crippen MR) is 139 cm³/mol. The molecule has 2 N–H and O–H groups in total. The van der Waals surface area contributed by atoms with E-state index >= 15 is 0 Å². The fourth-order valence-electron chi connectivity index (χ4n) is 5.34. The summed E-state index contributed by atoms with van der Waals surface area (Å²) in [5.74, 6) is -0.0636. The van der Waals surface area contributed by atoms with Crippen LogP contribution in [0.1, 0.15) is 22.3 Å². The van der Waals surface area contributed by atoms with Crippen LogP contribution >= 0.6 is 34.8 Å². The molecule has 2 atom stereocenters. The summed E-state index contributed by atoms with van der Waals surface area (Å²) in [5, 5.41) is 7.58. The highest BCUT2D eigenvalue weighted by Gasteiger charge is 2.41. The van der Waals surface area contributed by atoms with Crippen LogP contribution in [-0.4, -0.2) is 42.0 Å². The number of amides is 3. The molecule has 178 valence electrons. The van der Waals surface area contributed by atoms with E-state index in [-0.39, 0.29) is 24.5 Å². The van der Waals surface area contributed by atoms with Crippen molar-refractivity contribution in [3.05, 3.63) is 80.8 Å². The van der Waals surface area contributed by atoms with E-state index in [1.165, 1.54) is 4.90 Å². The van der Waals surface area contributed by atoms with Crippen LogP contribution in [0, 0.1) is 0 Å². The number of hydrogen-bond acceptors (Lipinski definition) is 3. The van der Waals surface area contributed by atoms with Crippen LogP contribution in [-0.2, 0) is 6.54 Å². The molecule has 3 aliphatic rings. The number of rotatable bonds is 3. The van der Waals surface area contributed by atoms with Crippen molar-refractivity contribution in [2.75, 3.05) is 18.0 Å². The Morgan fingerprint density at radius 3 is 2.37 bits per heavy atom. The molecule has 0 spiro atoms. The summed E-state index contributed by atoms with van der Waals surface area (Å²) >= 11 is 19.6. The monoisotopic (exact) mass is 526 g/mol.